The average molecular weight is 314 g/mol. The first-order valence-electron chi connectivity index (χ1n) is 8.35. The standard InChI is InChI=1S/C18H22N2O3/c1-13-10-15(19-23-13)16-4-2-3-7-20(16)12-14-5-6-17-18(11-14)22-9-8-21-17/h5-6,10-11,16H,2-4,7-9,12H2,1H3/t16-/m0/s1. The summed E-state index contributed by atoms with van der Waals surface area (Å²) in [5.41, 5.74) is 2.31. The van der Waals surface area contributed by atoms with Gasteiger partial charge in [-0.1, -0.05) is 17.6 Å². The van der Waals surface area contributed by atoms with Gasteiger partial charge in [0.25, 0.3) is 0 Å². The number of likely N-dealkylation sites (tertiary alicyclic amines) is 1. The Bertz CT molecular complexity index is 683. The number of aryl methyl sites for hydroxylation is 1. The third-order valence-electron chi connectivity index (χ3n) is 4.59. The van der Waals surface area contributed by atoms with E-state index in [2.05, 4.69) is 28.3 Å². The third-order valence-corrected chi connectivity index (χ3v) is 4.59. The number of hydrogen-bond acceptors (Lipinski definition) is 5. The number of ether oxygens (including phenoxy) is 2. The minimum Gasteiger partial charge on any atom is -0.486 e. The molecule has 1 saturated heterocycles. The van der Waals surface area contributed by atoms with Crippen molar-refractivity contribution in [3.63, 3.8) is 0 Å². The highest BCUT2D eigenvalue weighted by atomic mass is 16.6. The number of fused-ring (bicyclic) bond motifs is 1. The predicted octanol–water partition coefficient (Wildman–Crippen LogP) is 3.48. The van der Waals surface area contributed by atoms with Crippen LogP contribution in [0, 0.1) is 6.92 Å². The second-order valence-corrected chi connectivity index (χ2v) is 6.32. The van der Waals surface area contributed by atoms with Gasteiger partial charge in [0, 0.05) is 12.6 Å². The molecule has 0 amide bonds. The molecule has 2 aliphatic heterocycles. The van der Waals surface area contributed by atoms with E-state index in [-0.39, 0.29) is 0 Å². The summed E-state index contributed by atoms with van der Waals surface area (Å²) in [5.74, 6) is 2.59. The summed E-state index contributed by atoms with van der Waals surface area (Å²) in [6.45, 7) is 5.19. The first-order chi connectivity index (χ1) is 11.3. The summed E-state index contributed by atoms with van der Waals surface area (Å²) >= 11 is 0. The van der Waals surface area contributed by atoms with E-state index in [4.69, 9.17) is 14.0 Å². The Balaban J connectivity index is 1.54. The average Bonchev–Trinajstić information content (AvgIpc) is 3.01. The van der Waals surface area contributed by atoms with Gasteiger partial charge in [-0.05, 0) is 44.0 Å². The molecule has 0 unspecified atom stereocenters. The largest absolute Gasteiger partial charge is 0.486 e. The predicted molar refractivity (Wildman–Crippen MR) is 85.7 cm³/mol. The fraction of sp³-hybridized carbons (Fsp3) is 0.500. The molecule has 0 N–H and O–H groups in total. The lowest BCUT2D eigenvalue weighted by molar-refractivity contribution is 0.133. The summed E-state index contributed by atoms with van der Waals surface area (Å²) in [6, 6.07) is 8.66. The van der Waals surface area contributed by atoms with Crippen LogP contribution >= 0.6 is 0 Å². The zero-order valence-corrected chi connectivity index (χ0v) is 13.5. The topological polar surface area (TPSA) is 47.7 Å². The van der Waals surface area contributed by atoms with Crippen LogP contribution in [0.3, 0.4) is 0 Å². The molecule has 0 bridgehead atoms. The van der Waals surface area contributed by atoms with Crippen LogP contribution in [0.15, 0.2) is 28.8 Å². The molecule has 122 valence electrons. The van der Waals surface area contributed by atoms with Crippen LogP contribution in [-0.2, 0) is 6.54 Å². The van der Waals surface area contributed by atoms with Crippen LogP contribution in [0.2, 0.25) is 0 Å². The summed E-state index contributed by atoms with van der Waals surface area (Å²) in [5, 5.41) is 4.24. The molecule has 3 heterocycles. The Hall–Kier alpha value is -2.01. The Labute approximate surface area is 136 Å². The number of piperidine rings is 1. The number of rotatable bonds is 3. The molecule has 0 saturated carbocycles. The summed E-state index contributed by atoms with van der Waals surface area (Å²) in [6.07, 6.45) is 3.61. The van der Waals surface area contributed by atoms with Gasteiger partial charge in [-0.2, -0.15) is 0 Å². The van der Waals surface area contributed by atoms with Crippen molar-refractivity contribution in [1.82, 2.24) is 10.1 Å². The van der Waals surface area contributed by atoms with Gasteiger partial charge in [-0.3, -0.25) is 4.90 Å². The van der Waals surface area contributed by atoms with Crippen molar-refractivity contribution in [2.75, 3.05) is 19.8 Å². The van der Waals surface area contributed by atoms with E-state index in [1.807, 2.05) is 13.0 Å². The third kappa shape index (κ3) is 3.06. The molecule has 0 spiro atoms. The van der Waals surface area contributed by atoms with E-state index in [9.17, 15) is 0 Å². The minimum absolute atomic E-state index is 0.342. The number of hydrogen-bond donors (Lipinski definition) is 0. The van der Waals surface area contributed by atoms with Crippen LogP contribution < -0.4 is 9.47 Å². The van der Waals surface area contributed by atoms with Crippen LogP contribution in [0.5, 0.6) is 11.5 Å². The summed E-state index contributed by atoms with van der Waals surface area (Å²) < 4.78 is 16.6. The molecular formula is C18H22N2O3. The fourth-order valence-electron chi connectivity index (χ4n) is 3.48. The van der Waals surface area contributed by atoms with E-state index in [0.717, 1.165) is 42.5 Å². The van der Waals surface area contributed by atoms with Gasteiger partial charge in [0.15, 0.2) is 11.5 Å². The van der Waals surface area contributed by atoms with Crippen LogP contribution in [0.1, 0.15) is 42.3 Å². The second kappa shape index (κ2) is 6.24. The van der Waals surface area contributed by atoms with E-state index >= 15 is 0 Å². The quantitative estimate of drug-likeness (QED) is 0.868. The zero-order valence-electron chi connectivity index (χ0n) is 13.5. The molecule has 0 aliphatic carbocycles. The molecule has 1 atom stereocenters. The molecule has 2 aliphatic rings. The molecule has 1 aromatic carbocycles. The number of nitrogens with zero attached hydrogens (tertiary/aromatic N) is 2. The number of aromatic nitrogens is 1. The van der Waals surface area contributed by atoms with Crippen molar-refractivity contribution in [2.24, 2.45) is 0 Å². The molecular weight excluding hydrogens is 292 g/mol. The van der Waals surface area contributed by atoms with Crippen molar-refractivity contribution in [1.29, 1.82) is 0 Å². The lowest BCUT2D eigenvalue weighted by Crippen LogP contribution is -2.33. The second-order valence-electron chi connectivity index (χ2n) is 6.32. The van der Waals surface area contributed by atoms with E-state index in [0.29, 0.717) is 19.3 Å². The first-order valence-corrected chi connectivity index (χ1v) is 8.35. The Morgan fingerprint density at radius 2 is 2.00 bits per heavy atom. The molecule has 5 nitrogen and oxygen atoms in total. The van der Waals surface area contributed by atoms with Crippen molar-refractivity contribution in [2.45, 2.75) is 38.8 Å². The van der Waals surface area contributed by atoms with Gasteiger partial charge < -0.3 is 14.0 Å². The Kier molecular flexibility index (Phi) is 3.95. The highest BCUT2D eigenvalue weighted by molar-refractivity contribution is 5.43. The fourth-order valence-corrected chi connectivity index (χ4v) is 3.48. The molecule has 5 heteroatoms. The lowest BCUT2D eigenvalue weighted by Gasteiger charge is -2.34. The van der Waals surface area contributed by atoms with E-state index < -0.39 is 0 Å². The van der Waals surface area contributed by atoms with Gasteiger partial charge in [0.05, 0.1) is 6.04 Å². The maximum absolute atomic E-state index is 5.70. The summed E-state index contributed by atoms with van der Waals surface area (Å²) in [7, 11) is 0. The van der Waals surface area contributed by atoms with Gasteiger partial charge >= 0.3 is 0 Å². The SMILES string of the molecule is Cc1cc([C@@H]2CCCCN2Cc2ccc3c(c2)OCCO3)no1. The van der Waals surface area contributed by atoms with Crippen LogP contribution in [0.25, 0.3) is 0 Å². The van der Waals surface area contributed by atoms with Gasteiger partial charge in [0.1, 0.15) is 24.7 Å². The van der Waals surface area contributed by atoms with Crippen LogP contribution in [0.4, 0.5) is 0 Å². The van der Waals surface area contributed by atoms with Crippen LogP contribution in [-0.4, -0.2) is 29.8 Å². The smallest absolute Gasteiger partial charge is 0.161 e. The number of benzene rings is 1. The molecule has 0 radical (unpaired) electrons. The lowest BCUT2D eigenvalue weighted by atomic mass is 9.98. The Morgan fingerprint density at radius 1 is 1.13 bits per heavy atom. The summed E-state index contributed by atoms with van der Waals surface area (Å²) in [4.78, 5) is 2.49. The molecule has 1 fully saturated rings. The maximum Gasteiger partial charge on any atom is 0.161 e. The molecule has 2 aromatic rings. The zero-order chi connectivity index (χ0) is 15.6. The Morgan fingerprint density at radius 3 is 2.83 bits per heavy atom. The first kappa shape index (κ1) is 14.6. The molecule has 23 heavy (non-hydrogen) atoms. The van der Waals surface area contributed by atoms with Crippen molar-refractivity contribution < 1.29 is 14.0 Å². The highest BCUT2D eigenvalue weighted by Gasteiger charge is 2.27. The van der Waals surface area contributed by atoms with Gasteiger partial charge in [-0.15, -0.1) is 0 Å². The normalized spacial score (nSPS) is 21.3. The van der Waals surface area contributed by atoms with Crippen molar-refractivity contribution in [3.8, 4) is 11.5 Å². The minimum atomic E-state index is 0.342. The van der Waals surface area contributed by atoms with E-state index in [1.54, 1.807) is 0 Å². The van der Waals surface area contributed by atoms with Crippen molar-refractivity contribution in [3.05, 3.63) is 41.3 Å². The maximum atomic E-state index is 5.70. The van der Waals surface area contributed by atoms with E-state index in [1.165, 1.54) is 18.4 Å². The molecule has 1 aromatic heterocycles. The van der Waals surface area contributed by atoms with Gasteiger partial charge in [-0.25, -0.2) is 0 Å². The monoisotopic (exact) mass is 314 g/mol. The highest BCUT2D eigenvalue weighted by Crippen LogP contribution is 2.34. The molecule has 4 rings (SSSR count). The van der Waals surface area contributed by atoms with Crippen molar-refractivity contribution >= 4 is 0 Å². The van der Waals surface area contributed by atoms with Gasteiger partial charge in [0.2, 0.25) is 0 Å².